The van der Waals surface area contributed by atoms with Gasteiger partial charge in [0.2, 0.25) is 11.8 Å². The van der Waals surface area contributed by atoms with Gasteiger partial charge in [0.05, 0.1) is 21.7 Å². The van der Waals surface area contributed by atoms with Crippen molar-refractivity contribution in [2.45, 2.75) is 76.4 Å². The first-order chi connectivity index (χ1) is 28.8. The predicted octanol–water partition coefficient (Wildman–Crippen LogP) is 5.32. The van der Waals surface area contributed by atoms with Crippen molar-refractivity contribution in [2.75, 3.05) is 73.6 Å². The minimum atomic E-state index is -0.972. The van der Waals surface area contributed by atoms with E-state index in [1.54, 1.807) is 18.2 Å². The first-order valence-electron chi connectivity index (χ1n) is 21.3. The van der Waals surface area contributed by atoms with Gasteiger partial charge in [-0.1, -0.05) is 11.6 Å². The summed E-state index contributed by atoms with van der Waals surface area (Å²) in [6, 6.07) is 20.8. The topological polar surface area (TPSA) is 141 Å². The van der Waals surface area contributed by atoms with Crippen LogP contribution in [0.1, 0.15) is 95.4 Å². The number of fused-ring (bicyclic) bond motifs is 1. The summed E-state index contributed by atoms with van der Waals surface area (Å²) in [4.78, 5) is 77.1. The van der Waals surface area contributed by atoms with Crippen LogP contribution in [0, 0.1) is 16.7 Å². The minimum Gasteiger partial charge on any atom is -0.371 e. The standard InChI is InChI=1S/C46H51ClN8O5/c1-45(2)28-46(29-54(45)35-8-5-31(27-48)38(47)26-35)15-19-53(20-16-46)42(58)30-3-6-32(7-4-30)51-21-23-52(24-22-51)33-13-17-50(18-14-33)34-9-10-36-37(25-34)44(60)55(43(36)59)39-11-12-40(56)49-41(39)57/h3-10,25-26,33,39H,11-24,28-29H2,1-2H3,(H,49,56,57). The Balaban J connectivity index is 0.741. The molecular formula is C46H51ClN8O5. The van der Waals surface area contributed by atoms with E-state index in [9.17, 15) is 29.2 Å². The van der Waals surface area contributed by atoms with Gasteiger partial charge >= 0.3 is 0 Å². The SMILES string of the molecule is CC1(C)CC2(CCN(C(=O)c3ccc(N4CCN(C5CCN(c6ccc7c(c6)C(=O)N(C6CCC(=O)NC6=O)C7=O)CC5)CC4)cc3)CC2)CN1c1ccc(C#N)c(Cl)c1. The van der Waals surface area contributed by atoms with Crippen LogP contribution in [0.4, 0.5) is 17.1 Å². The van der Waals surface area contributed by atoms with Crippen LogP contribution in [-0.2, 0) is 9.59 Å². The average Bonchev–Trinajstić information content (AvgIpc) is 3.67. The summed E-state index contributed by atoms with van der Waals surface area (Å²) < 4.78 is 0. The fraction of sp³-hybridized carbons (Fsp3) is 0.478. The third kappa shape index (κ3) is 7.27. The van der Waals surface area contributed by atoms with Gasteiger partial charge in [0.15, 0.2) is 0 Å². The number of amides is 5. The monoisotopic (exact) mass is 830 g/mol. The molecule has 3 aromatic rings. The summed E-state index contributed by atoms with van der Waals surface area (Å²) in [5.74, 6) is -1.87. The number of carbonyl (C=O) groups is 5. The van der Waals surface area contributed by atoms with Crippen molar-refractivity contribution in [3.63, 3.8) is 0 Å². The van der Waals surface area contributed by atoms with E-state index >= 15 is 0 Å². The Bertz CT molecular complexity index is 2280. The molecule has 1 atom stereocenters. The summed E-state index contributed by atoms with van der Waals surface area (Å²) in [7, 11) is 0. The molecule has 9 rings (SSSR count). The number of likely N-dealkylation sites (tertiary alicyclic amines) is 1. The first kappa shape index (κ1) is 40.0. The zero-order valence-electron chi connectivity index (χ0n) is 34.3. The first-order valence-corrected chi connectivity index (χ1v) is 21.7. The van der Waals surface area contributed by atoms with Gasteiger partial charge in [-0.15, -0.1) is 0 Å². The maximum absolute atomic E-state index is 13.7. The molecule has 5 saturated heterocycles. The van der Waals surface area contributed by atoms with E-state index in [1.165, 1.54) is 0 Å². The molecule has 5 amide bonds. The number of rotatable bonds is 6. The van der Waals surface area contributed by atoms with Crippen molar-refractivity contribution in [2.24, 2.45) is 5.41 Å². The maximum atomic E-state index is 13.7. The van der Waals surface area contributed by atoms with Crippen LogP contribution in [0.2, 0.25) is 5.02 Å². The second kappa shape index (κ2) is 15.5. The van der Waals surface area contributed by atoms with Crippen LogP contribution in [-0.4, -0.2) is 121 Å². The number of halogens is 1. The molecule has 3 aromatic carbocycles. The summed E-state index contributed by atoms with van der Waals surface area (Å²) in [5, 5.41) is 12.1. The van der Waals surface area contributed by atoms with Crippen molar-refractivity contribution in [1.29, 1.82) is 5.26 Å². The lowest BCUT2D eigenvalue weighted by molar-refractivity contribution is -0.136. The second-order valence-electron chi connectivity index (χ2n) is 18.1. The number of nitrogens with zero attached hydrogens (tertiary/aromatic N) is 7. The molecule has 0 aliphatic carbocycles. The van der Waals surface area contributed by atoms with Gasteiger partial charge in [-0.2, -0.15) is 5.26 Å². The Morgan fingerprint density at radius 1 is 0.767 bits per heavy atom. The van der Waals surface area contributed by atoms with Crippen LogP contribution >= 0.6 is 11.6 Å². The Labute approximate surface area is 355 Å². The van der Waals surface area contributed by atoms with Crippen molar-refractivity contribution in [3.8, 4) is 6.07 Å². The second-order valence-corrected chi connectivity index (χ2v) is 18.5. The highest BCUT2D eigenvalue weighted by Gasteiger charge is 2.50. The number of piperazine rings is 1. The zero-order valence-corrected chi connectivity index (χ0v) is 35.0. The number of anilines is 3. The number of piperidine rings is 3. The Hall–Kier alpha value is -5.45. The van der Waals surface area contributed by atoms with Gasteiger partial charge in [-0.05, 0) is 118 Å². The van der Waals surface area contributed by atoms with E-state index in [1.807, 2.05) is 35.2 Å². The third-order valence-electron chi connectivity index (χ3n) is 14.1. The van der Waals surface area contributed by atoms with E-state index in [0.29, 0.717) is 27.8 Å². The van der Waals surface area contributed by atoms with Gasteiger partial charge in [0.25, 0.3) is 17.7 Å². The number of nitrogens with one attached hydrogen (secondary N) is 1. The highest BCUT2D eigenvalue weighted by molar-refractivity contribution is 6.32. The van der Waals surface area contributed by atoms with Gasteiger partial charge in [-0.3, -0.25) is 39.1 Å². The summed E-state index contributed by atoms with van der Waals surface area (Å²) in [6.45, 7) is 12.3. The number of imide groups is 2. The van der Waals surface area contributed by atoms with E-state index < -0.39 is 23.8 Å². The number of hydrogen-bond donors (Lipinski definition) is 1. The largest absolute Gasteiger partial charge is 0.371 e. The lowest BCUT2D eigenvalue weighted by Gasteiger charge is -2.44. The molecule has 0 aromatic heterocycles. The van der Waals surface area contributed by atoms with Gasteiger partial charge in [0.1, 0.15) is 12.1 Å². The Kier molecular flexibility index (Phi) is 10.4. The molecule has 6 heterocycles. The summed E-state index contributed by atoms with van der Waals surface area (Å²) in [5.41, 5.74) is 4.96. The Morgan fingerprint density at radius 2 is 1.42 bits per heavy atom. The molecule has 0 bridgehead atoms. The van der Waals surface area contributed by atoms with Crippen LogP contribution in [0.15, 0.2) is 60.7 Å². The molecule has 5 fully saturated rings. The highest BCUT2D eigenvalue weighted by Crippen LogP contribution is 2.50. The van der Waals surface area contributed by atoms with Crippen LogP contribution in [0.25, 0.3) is 0 Å². The molecule has 6 aliphatic rings. The Morgan fingerprint density at radius 3 is 2.08 bits per heavy atom. The molecule has 0 saturated carbocycles. The maximum Gasteiger partial charge on any atom is 0.262 e. The van der Waals surface area contributed by atoms with Crippen LogP contribution in [0.3, 0.4) is 0 Å². The van der Waals surface area contributed by atoms with E-state index in [-0.39, 0.29) is 35.6 Å². The lowest BCUT2D eigenvalue weighted by atomic mass is 9.74. The normalized spacial score (nSPS) is 23.3. The minimum absolute atomic E-state index is 0.0620. The molecule has 312 valence electrons. The predicted molar refractivity (Wildman–Crippen MR) is 228 cm³/mol. The third-order valence-corrected chi connectivity index (χ3v) is 14.4. The molecule has 1 unspecified atom stereocenters. The van der Waals surface area contributed by atoms with Gasteiger partial charge in [0, 0.05) is 99.5 Å². The number of carbonyl (C=O) groups excluding carboxylic acids is 5. The number of hydrogen-bond acceptors (Lipinski definition) is 10. The zero-order chi connectivity index (χ0) is 41.9. The van der Waals surface area contributed by atoms with Gasteiger partial charge in [-0.25, -0.2) is 0 Å². The summed E-state index contributed by atoms with van der Waals surface area (Å²) >= 11 is 6.41. The summed E-state index contributed by atoms with van der Waals surface area (Å²) in [6.07, 6.45) is 5.15. The molecule has 14 heteroatoms. The molecule has 1 N–H and O–H groups in total. The number of nitriles is 1. The van der Waals surface area contributed by atoms with E-state index in [4.69, 9.17) is 11.6 Å². The smallest absolute Gasteiger partial charge is 0.262 e. The van der Waals surface area contributed by atoms with E-state index in [0.717, 1.165) is 119 Å². The lowest BCUT2D eigenvalue weighted by Crippen LogP contribution is -2.54. The fourth-order valence-corrected chi connectivity index (χ4v) is 11.0. The fourth-order valence-electron chi connectivity index (χ4n) is 10.8. The molecule has 1 spiro atoms. The van der Waals surface area contributed by atoms with Crippen LogP contribution < -0.4 is 20.0 Å². The molecule has 60 heavy (non-hydrogen) atoms. The molecule has 13 nitrogen and oxygen atoms in total. The quantitative estimate of drug-likeness (QED) is 0.325. The molecule has 0 radical (unpaired) electrons. The van der Waals surface area contributed by atoms with Crippen LogP contribution in [0.5, 0.6) is 0 Å². The van der Waals surface area contributed by atoms with E-state index in [2.05, 4.69) is 57.0 Å². The number of benzene rings is 3. The highest BCUT2D eigenvalue weighted by atomic mass is 35.5. The molecular weight excluding hydrogens is 780 g/mol. The van der Waals surface area contributed by atoms with Crippen molar-refractivity contribution in [1.82, 2.24) is 20.0 Å². The van der Waals surface area contributed by atoms with Crippen molar-refractivity contribution in [3.05, 3.63) is 87.9 Å². The molecule has 6 aliphatic heterocycles. The van der Waals surface area contributed by atoms with Crippen molar-refractivity contribution >= 4 is 58.2 Å². The van der Waals surface area contributed by atoms with Gasteiger partial charge < -0.3 is 19.6 Å². The average molecular weight is 831 g/mol. The van der Waals surface area contributed by atoms with Crippen molar-refractivity contribution < 1.29 is 24.0 Å².